The third-order valence-corrected chi connectivity index (χ3v) is 4.90. The Balaban J connectivity index is 2.03. The summed E-state index contributed by atoms with van der Waals surface area (Å²) in [7, 11) is 1.75. The molecule has 6 nitrogen and oxygen atoms in total. The number of carbonyl (C=O) groups excluding carboxylic acids is 1. The zero-order valence-electron chi connectivity index (χ0n) is 16.4. The largest absolute Gasteiger partial charge is 0.444 e. The predicted molar refractivity (Wildman–Crippen MR) is 104 cm³/mol. The minimum Gasteiger partial charge on any atom is -0.444 e. The highest BCUT2D eigenvalue weighted by Gasteiger charge is 2.38. The molecule has 26 heavy (non-hydrogen) atoms. The lowest BCUT2D eigenvalue weighted by molar-refractivity contribution is -0.0547. The summed E-state index contributed by atoms with van der Waals surface area (Å²) in [5.74, 6) is 0. The number of halogens is 1. The summed E-state index contributed by atoms with van der Waals surface area (Å²) in [6, 6.07) is 3.82. The molecule has 1 aromatic heterocycles. The van der Waals surface area contributed by atoms with Gasteiger partial charge in [0.15, 0.2) is 0 Å². The molecule has 0 N–H and O–H groups in total. The fraction of sp³-hybridized carbons (Fsp3) is 0.684. The van der Waals surface area contributed by atoms with Gasteiger partial charge >= 0.3 is 6.09 Å². The molecule has 1 aromatic rings. The first kappa shape index (κ1) is 20.8. The first-order chi connectivity index (χ1) is 12.2. The van der Waals surface area contributed by atoms with Crippen LogP contribution in [0.2, 0.25) is 5.15 Å². The van der Waals surface area contributed by atoms with E-state index in [4.69, 9.17) is 21.1 Å². The first-order valence-electron chi connectivity index (χ1n) is 9.07. The van der Waals surface area contributed by atoms with Gasteiger partial charge in [-0.05, 0) is 52.7 Å². The van der Waals surface area contributed by atoms with E-state index < -0.39 is 5.60 Å². The third kappa shape index (κ3) is 5.48. The second kappa shape index (κ2) is 8.44. The Labute approximate surface area is 161 Å². The summed E-state index contributed by atoms with van der Waals surface area (Å²) in [4.78, 5) is 20.3. The topological polar surface area (TPSA) is 54.9 Å². The van der Waals surface area contributed by atoms with Crippen molar-refractivity contribution in [3.05, 3.63) is 23.5 Å². The third-order valence-electron chi connectivity index (χ3n) is 4.70. The van der Waals surface area contributed by atoms with Crippen LogP contribution in [0, 0.1) is 0 Å². The molecule has 1 fully saturated rings. The number of hydrogen-bond donors (Lipinski definition) is 0. The summed E-state index contributed by atoms with van der Waals surface area (Å²) < 4.78 is 11.4. The second-order valence-corrected chi connectivity index (χ2v) is 8.09. The first-order valence-corrected chi connectivity index (χ1v) is 9.45. The molecular weight excluding hydrogens is 354 g/mol. The standard InChI is InChI=1S/C19H30ClN3O3/c1-6-22(15-7-10-21-16(20)13-15)14-19(25-5)8-11-23(12-9-19)17(24)26-18(2,3)4/h7,10,13H,6,8-9,11-12,14H2,1-5H3. The van der Waals surface area contributed by atoms with Gasteiger partial charge in [0.05, 0.1) is 5.60 Å². The van der Waals surface area contributed by atoms with Gasteiger partial charge in [-0.15, -0.1) is 0 Å². The Morgan fingerprint density at radius 1 is 1.38 bits per heavy atom. The van der Waals surface area contributed by atoms with Crippen LogP contribution >= 0.6 is 11.6 Å². The Kier molecular flexibility index (Phi) is 6.74. The lowest BCUT2D eigenvalue weighted by Crippen LogP contribution is -2.54. The molecule has 1 saturated heterocycles. The molecule has 0 atom stereocenters. The average molecular weight is 384 g/mol. The molecule has 0 aromatic carbocycles. The lowest BCUT2D eigenvalue weighted by Gasteiger charge is -2.43. The maximum Gasteiger partial charge on any atom is 0.410 e. The molecule has 2 rings (SSSR count). The van der Waals surface area contributed by atoms with Gasteiger partial charge in [0.1, 0.15) is 10.8 Å². The van der Waals surface area contributed by atoms with Gasteiger partial charge in [0.25, 0.3) is 0 Å². The fourth-order valence-corrected chi connectivity index (χ4v) is 3.34. The van der Waals surface area contributed by atoms with E-state index in [1.165, 1.54) is 0 Å². The van der Waals surface area contributed by atoms with Crippen LogP contribution in [-0.2, 0) is 9.47 Å². The quantitative estimate of drug-likeness (QED) is 0.720. The van der Waals surface area contributed by atoms with Crippen LogP contribution in [0.25, 0.3) is 0 Å². The van der Waals surface area contributed by atoms with E-state index in [1.54, 1.807) is 18.2 Å². The van der Waals surface area contributed by atoms with E-state index in [9.17, 15) is 4.79 Å². The molecule has 0 saturated carbocycles. The normalized spacial score (nSPS) is 17.1. The van der Waals surface area contributed by atoms with Crippen LogP contribution < -0.4 is 4.90 Å². The SMILES string of the molecule is CCN(CC1(OC)CCN(C(=O)OC(C)(C)C)CC1)c1ccnc(Cl)c1. The Hall–Kier alpha value is -1.53. The number of methoxy groups -OCH3 is 1. The van der Waals surface area contributed by atoms with E-state index in [0.29, 0.717) is 18.2 Å². The number of pyridine rings is 1. The molecule has 1 aliphatic rings. The van der Waals surface area contributed by atoms with Gasteiger partial charge in [-0.25, -0.2) is 9.78 Å². The minimum absolute atomic E-state index is 0.254. The van der Waals surface area contributed by atoms with E-state index in [2.05, 4.69) is 16.8 Å². The van der Waals surface area contributed by atoms with Crippen LogP contribution in [-0.4, -0.2) is 60.5 Å². The van der Waals surface area contributed by atoms with E-state index >= 15 is 0 Å². The summed E-state index contributed by atoms with van der Waals surface area (Å²) in [6.07, 6.45) is 2.98. The zero-order chi connectivity index (χ0) is 19.4. The number of hydrogen-bond acceptors (Lipinski definition) is 5. The fourth-order valence-electron chi connectivity index (χ4n) is 3.17. The Bertz CT molecular complexity index is 610. The molecule has 7 heteroatoms. The molecule has 146 valence electrons. The number of carbonyl (C=O) groups is 1. The van der Waals surface area contributed by atoms with Gasteiger partial charge in [-0.3, -0.25) is 0 Å². The molecule has 1 aliphatic heterocycles. The summed E-state index contributed by atoms with van der Waals surface area (Å²) >= 11 is 6.04. The second-order valence-electron chi connectivity index (χ2n) is 7.71. The molecule has 0 bridgehead atoms. The number of likely N-dealkylation sites (tertiary alicyclic amines) is 1. The number of likely N-dealkylation sites (N-methyl/N-ethyl adjacent to an activating group) is 1. The molecule has 2 heterocycles. The lowest BCUT2D eigenvalue weighted by atomic mass is 9.90. The highest BCUT2D eigenvalue weighted by Crippen LogP contribution is 2.30. The smallest absolute Gasteiger partial charge is 0.410 e. The highest BCUT2D eigenvalue weighted by atomic mass is 35.5. The minimum atomic E-state index is -0.480. The average Bonchev–Trinajstić information content (AvgIpc) is 2.58. The van der Waals surface area contributed by atoms with Crippen LogP contribution in [0.4, 0.5) is 10.5 Å². The van der Waals surface area contributed by atoms with Crippen LogP contribution in [0.15, 0.2) is 18.3 Å². The molecule has 0 aliphatic carbocycles. The monoisotopic (exact) mass is 383 g/mol. The Morgan fingerprint density at radius 2 is 2.04 bits per heavy atom. The molecule has 0 unspecified atom stereocenters. The maximum atomic E-state index is 12.3. The number of rotatable bonds is 5. The number of amides is 1. The number of piperidine rings is 1. The number of aromatic nitrogens is 1. The van der Waals surface area contributed by atoms with Crippen molar-refractivity contribution >= 4 is 23.4 Å². The van der Waals surface area contributed by atoms with Crippen molar-refractivity contribution in [1.29, 1.82) is 0 Å². The molecule has 0 radical (unpaired) electrons. The van der Waals surface area contributed by atoms with Gasteiger partial charge in [-0.2, -0.15) is 0 Å². The van der Waals surface area contributed by atoms with Crippen molar-refractivity contribution in [2.75, 3.05) is 38.2 Å². The van der Waals surface area contributed by atoms with Crippen LogP contribution in [0.3, 0.4) is 0 Å². The van der Waals surface area contributed by atoms with E-state index in [-0.39, 0.29) is 11.7 Å². The number of anilines is 1. The van der Waals surface area contributed by atoms with Crippen molar-refractivity contribution in [3.63, 3.8) is 0 Å². The van der Waals surface area contributed by atoms with Crippen LogP contribution in [0.5, 0.6) is 0 Å². The summed E-state index contributed by atoms with van der Waals surface area (Å²) in [5, 5.41) is 0.479. The predicted octanol–water partition coefficient (Wildman–Crippen LogP) is 3.98. The van der Waals surface area contributed by atoms with E-state index in [1.807, 2.05) is 32.9 Å². The van der Waals surface area contributed by atoms with Crippen molar-refractivity contribution in [2.24, 2.45) is 0 Å². The maximum absolute atomic E-state index is 12.3. The molecule has 1 amide bonds. The highest BCUT2D eigenvalue weighted by molar-refractivity contribution is 6.29. The zero-order valence-corrected chi connectivity index (χ0v) is 17.2. The van der Waals surface area contributed by atoms with Crippen molar-refractivity contribution in [2.45, 2.75) is 51.7 Å². The number of nitrogens with zero attached hydrogens (tertiary/aromatic N) is 3. The Morgan fingerprint density at radius 3 is 2.54 bits per heavy atom. The summed E-state index contributed by atoms with van der Waals surface area (Å²) in [5.41, 5.74) is 0.245. The van der Waals surface area contributed by atoms with Crippen molar-refractivity contribution < 1.29 is 14.3 Å². The molecule has 0 spiro atoms. The van der Waals surface area contributed by atoms with Gasteiger partial charge in [0, 0.05) is 45.2 Å². The van der Waals surface area contributed by atoms with Gasteiger partial charge in [-0.1, -0.05) is 11.6 Å². The van der Waals surface area contributed by atoms with Gasteiger partial charge < -0.3 is 19.3 Å². The van der Waals surface area contributed by atoms with Crippen molar-refractivity contribution in [1.82, 2.24) is 9.88 Å². The van der Waals surface area contributed by atoms with Crippen LogP contribution in [0.1, 0.15) is 40.5 Å². The van der Waals surface area contributed by atoms with E-state index in [0.717, 1.165) is 31.6 Å². The summed E-state index contributed by atoms with van der Waals surface area (Å²) in [6.45, 7) is 10.6. The van der Waals surface area contributed by atoms with Crippen molar-refractivity contribution in [3.8, 4) is 0 Å². The molecular formula is C19H30ClN3O3. The van der Waals surface area contributed by atoms with Gasteiger partial charge in [0.2, 0.25) is 0 Å². The number of ether oxygens (including phenoxy) is 2.